The lowest BCUT2D eigenvalue weighted by Crippen LogP contribution is -2.40. The normalized spacial score (nSPS) is 18.8. The molecule has 1 aliphatic carbocycles. The molecule has 4 rings (SSSR count). The Morgan fingerprint density at radius 3 is 2.75 bits per heavy atom. The maximum absolute atomic E-state index is 12.5. The number of carbonyl (C=O) groups excluding carboxylic acids is 1. The van der Waals surface area contributed by atoms with Crippen LogP contribution in [0.25, 0.3) is 0 Å². The van der Waals surface area contributed by atoms with Crippen molar-refractivity contribution in [3.8, 4) is 0 Å². The Hall–Kier alpha value is -2.44. The van der Waals surface area contributed by atoms with E-state index in [0.29, 0.717) is 37.2 Å². The number of aromatic nitrogens is 3. The molecular weight excluding hydrogens is 308 g/mol. The summed E-state index contributed by atoms with van der Waals surface area (Å²) in [7, 11) is 0. The largest absolute Gasteiger partial charge is 0.360 e. The van der Waals surface area contributed by atoms with Crippen LogP contribution in [-0.2, 0) is 6.54 Å². The second-order valence-corrected chi connectivity index (χ2v) is 6.70. The van der Waals surface area contributed by atoms with Crippen molar-refractivity contribution in [1.29, 1.82) is 0 Å². The maximum atomic E-state index is 12.5. The predicted octanol–water partition coefficient (Wildman–Crippen LogP) is 1.66. The first-order valence-electron chi connectivity index (χ1n) is 8.47. The number of amides is 1. The topological polar surface area (TPSA) is 81.2 Å². The van der Waals surface area contributed by atoms with Gasteiger partial charge in [0.05, 0.1) is 6.33 Å². The molecule has 7 nitrogen and oxygen atoms in total. The summed E-state index contributed by atoms with van der Waals surface area (Å²) >= 11 is 0. The summed E-state index contributed by atoms with van der Waals surface area (Å²) in [6.45, 7) is 2.03. The van der Waals surface area contributed by atoms with E-state index < -0.39 is 0 Å². The molecule has 0 unspecified atom stereocenters. The van der Waals surface area contributed by atoms with Crippen molar-refractivity contribution >= 4 is 5.91 Å². The van der Waals surface area contributed by atoms with E-state index in [-0.39, 0.29) is 11.5 Å². The number of nitrogens with zero attached hydrogens (tertiary/aromatic N) is 4. The van der Waals surface area contributed by atoms with E-state index >= 15 is 0 Å². The van der Waals surface area contributed by atoms with E-state index in [1.807, 2.05) is 4.90 Å². The minimum atomic E-state index is -0.0531. The highest BCUT2D eigenvalue weighted by Crippen LogP contribution is 2.40. The van der Waals surface area contributed by atoms with Crippen LogP contribution in [0, 0.1) is 5.92 Å². The number of likely N-dealkylation sites (tertiary alicyclic amines) is 1. The van der Waals surface area contributed by atoms with Gasteiger partial charge in [0.25, 0.3) is 11.5 Å². The number of hydrogen-bond donors (Lipinski definition) is 0. The third-order valence-corrected chi connectivity index (χ3v) is 4.88. The summed E-state index contributed by atoms with van der Waals surface area (Å²) < 4.78 is 6.91. The summed E-state index contributed by atoms with van der Waals surface area (Å²) in [6, 6.07) is 3.27. The smallest absolute Gasteiger partial charge is 0.276 e. The van der Waals surface area contributed by atoms with Crippen LogP contribution in [0.15, 0.2) is 34.0 Å². The molecule has 0 spiro atoms. The second kappa shape index (κ2) is 6.22. The molecule has 0 bridgehead atoms. The molecule has 126 valence electrons. The van der Waals surface area contributed by atoms with Gasteiger partial charge in [0.2, 0.25) is 0 Å². The van der Waals surface area contributed by atoms with Crippen LogP contribution in [0.1, 0.15) is 47.8 Å². The molecule has 2 fully saturated rings. The van der Waals surface area contributed by atoms with Gasteiger partial charge in [0.15, 0.2) is 5.69 Å². The first-order chi connectivity index (χ1) is 11.7. The fourth-order valence-electron chi connectivity index (χ4n) is 3.22. The summed E-state index contributed by atoms with van der Waals surface area (Å²) in [6.07, 6.45) is 7.09. The molecule has 2 aliphatic rings. The van der Waals surface area contributed by atoms with Gasteiger partial charge >= 0.3 is 0 Å². The highest BCUT2D eigenvalue weighted by Gasteiger charge is 2.31. The molecular formula is C17H20N4O3. The Balaban J connectivity index is 1.34. The van der Waals surface area contributed by atoms with Gasteiger partial charge in [-0.1, -0.05) is 5.16 Å². The van der Waals surface area contributed by atoms with Crippen molar-refractivity contribution in [3.05, 3.63) is 46.5 Å². The lowest BCUT2D eigenvalue weighted by atomic mass is 9.96. The van der Waals surface area contributed by atoms with Crippen molar-refractivity contribution in [3.63, 3.8) is 0 Å². The minimum Gasteiger partial charge on any atom is -0.360 e. The van der Waals surface area contributed by atoms with Crippen LogP contribution in [0.3, 0.4) is 0 Å². The Labute approximate surface area is 139 Å². The molecule has 2 aromatic heterocycles. The highest BCUT2D eigenvalue weighted by atomic mass is 16.5. The maximum Gasteiger partial charge on any atom is 0.276 e. The standard InChI is InChI=1S/C17H20N4O3/c22-16-3-6-18-11-21(16)10-12-4-7-20(8-5-12)17(23)14-9-15(24-19-14)13-1-2-13/h3,6,9,11-13H,1-2,4-5,7-8,10H2. The molecule has 3 heterocycles. The van der Waals surface area contributed by atoms with E-state index in [4.69, 9.17) is 4.52 Å². The fraction of sp³-hybridized carbons (Fsp3) is 0.529. The van der Waals surface area contributed by atoms with Gasteiger partial charge in [0, 0.05) is 43.9 Å². The van der Waals surface area contributed by atoms with E-state index in [2.05, 4.69) is 10.1 Å². The van der Waals surface area contributed by atoms with Gasteiger partial charge in [-0.15, -0.1) is 0 Å². The molecule has 0 radical (unpaired) electrons. The van der Waals surface area contributed by atoms with Gasteiger partial charge < -0.3 is 9.42 Å². The Morgan fingerprint density at radius 2 is 2.04 bits per heavy atom. The SMILES string of the molecule is O=C(c1cc(C2CC2)on1)N1CCC(Cn2cnccc2=O)CC1. The van der Waals surface area contributed by atoms with Gasteiger partial charge in [-0.2, -0.15) is 0 Å². The molecule has 7 heteroatoms. The molecule has 0 N–H and O–H groups in total. The summed E-state index contributed by atoms with van der Waals surface area (Å²) in [5, 5.41) is 3.93. The van der Waals surface area contributed by atoms with Crippen LogP contribution in [-0.4, -0.2) is 38.6 Å². The number of hydrogen-bond acceptors (Lipinski definition) is 5. The first-order valence-corrected chi connectivity index (χ1v) is 8.47. The van der Waals surface area contributed by atoms with Crippen LogP contribution in [0.2, 0.25) is 0 Å². The molecule has 0 aromatic carbocycles. The number of rotatable bonds is 4. The third-order valence-electron chi connectivity index (χ3n) is 4.88. The lowest BCUT2D eigenvalue weighted by molar-refractivity contribution is 0.0671. The average Bonchev–Trinajstić information content (AvgIpc) is 3.34. The third kappa shape index (κ3) is 3.11. The fourth-order valence-corrected chi connectivity index (χ4v) is 3.22. The first kappa shape index (κ1) is 15.1. The van der Waals surface area contributed by atoms with E-state index in [0.717, 1.165) is 31.4 Å². The number of piperidine rings is 1. The van der Waals surface area contributed by atoms with Crippen molar-refractivity contribution in [1.82, 2.24) is 19.6 Å². The predicted molar refractivity (Wildman–Crippen MR) is 85.6 cm³/mol. The summed E-state index contributed by atoms with van der Waals surface area (Å²) in [4.78, 5) is 30.1. The highest BCUT2D eigenvalue weighted by molar-refractivity contribution is 5.92. The molecule has 1 saturated carbocycles. The number of carbonyl (C=O) groups is 1. The Kier molecular flexibility index (Phi) is 3.92. The molecule has 2 aromatic rings. The molecule has 1 saturated heterocycles. The Morgan fingerprint density at radius 1 is 1.25 bits per heavy atom. The zero-order valence-corrected chi connectivity index (χ0v) is 13.4. The zero-order chi connectivity index (χ0) is 16.5. The van der Waals surface area contributed by atoms with E-state index in [1.165, 1.54) is 12.3 Å². The van der Waals surface area contributed by atoms with Crippen molar-refractivity contribution in [2.75, 3.05) is 13.1 Å². The molecule has 24 heavy (non-hydrogen) atoms. The van der Waals surface area contributed by atoms with Crippen molar-refractivity contribution in [2.45, 2.75) is 38.1 Å². The van der Waals surface area contributed by atoms with E-state index in [1.54, 1.807) is 17.0 Å². The van der Waals surface area contributed by atoms with Crippen LogP contribution < -0.4 is 5.56 Å². The van der Waals surface area contributed by atoms with Gasteiger partial charge in [-0.05, 0) is 31.6 Å². The molecule has 0 atom stereocenters. The summed E-state index contributed by atoms with van der Waals surface area (Å²) in [5.41, 5.74) is 0.387. The van der Waals surface area contributed by atoms with Gasteiger partial charge in [-0.25, -0.2) is 4.98 Å². The molecule has 1 amide bonds. The average molecular weight is 328 g/mol. The van der Waals surface area contributed by atoms with Crippen molar-refractivity contribution in [2.24, 2.45) is 5.92 Å². The monoisotopic (exact) mass is 328 g/mol. The van der Waals surface area contributed by atoms with Crippen LogP contribution in [0.4, 0.5) is 0 Å². The van der Waals surface area contributed by atoms with Crippen LogP contribution in [0.5, 0.6) is 0 Å². The summed E-state index contributed by atoms with van der Waals surface area (Å²) in [5.74, 6) is 1.63. The quantitative estimate of drug-likeness (QED) is 0.852. The Bertz CT molecular complexity index is 785. The van der Waals surface area contributed by atoms with Gasteiger partial charge in [0.1, 0.15) is 5.76 Å². The van der Waals surface area contributed by atoms with E-state index in [9.17, 15) is 9.59 Å². The van der Waals surface area contributed by atoms with Crippen molar-refractivity contribution < 1.29 is 9.32 Å². The molecule has 1 aliphatic heterocycles. The minimum absolute atomic E-state index is 0.0290. The van der Waals surface area contributed by atoms with Crippen LogP contribution >= 0.6 is 0 Å². The lowest BCUT2D eigenvalue weighted by Gasteiger charge is -2.31. The second-order valence-electron chi connectivity index (χ2n) is 6.70. The zero-order valence-electron chi connectivity index (χ0n) is 13.4. The van der Waals surface area contributed by atoms with Gasteiger partial charge in [-0.3, -0.25) is 14.2 Å².